The molecule has 0 bridgehead atoms. The Kier molecular flexibility index (Phi) is 7.22. The molecular formula is C30H30N4O4. The maximum Gasteiger partial charge on any atom is 0.270 e. The van der Waals surface area contributed by atoms with E-state index in [4.69, 9.17) is 5.73 Å². The van der Waals surface area contributed by atoms with E-state index in [1.807, 2.05) is 66.9 Å². The molecule has 1 aliphatic heterocycles. The Morgan fingerprint density at radius 2 is 1.63 bits per heavy atom. The van der Waals surface area contributed by atoms with Gasteiger partial charge in [-0.05, 0) is 35.6 Å². The van der Waals surface area contributed by atoms with Crippen LogP contribution in [0.15, 0.2) is 85.1 Å². The van der Waals surface area contributed by atoms with Crippen molar-refractivity contribution >= 4 is 28.4 Å². The van der Waals surface area contributed by atoms with Crippen LogP contribution in [0.25, 0.3) is 10.9 Å². The molecule has 38 heavy (non-hydrogen) atoms. The number of nitro groups is 1. The van der Waals surface area contributed by atoms with Crippen LogP contribution in [0.4, 0.5) is 5.69 Å². The molecular weight excluding hydrogens is 480 g/mol. The fourth-order valence-corrected chi connectivity index (χ4v) is 5.42. The van der Waals surface area contributed by atoms with Gasteiger partial charge in [-0.2, -0.15) is 0 Å². The molecule has 0 radical (unpaired) electrons. The van der Waals surface area contributed by atoms with Crippen molar-refractivity contribution in [3.8, 4) is 0 Å². The van der Waals surface area contributed by atoms with Gasteiger partial charge in [0.05, 0.1) is 4.92 Å². The zero-order valence-electron chi connectivity index (χ0n) is 21.0. The molecule has 2 amide bonds. The van der Waals surface area contributed by atoms with Gasteiger partial charge in [-0.15, -0.1) is 0 Å². The highest BCUT2D eigenvalue weighted by atomic mass is 16.6. The highest BCUT2D eigenvalue weighted by Crippen LogP contribution is 2.37. The number of rotatable bonds is 8. The molecule has 4 aromatic rings. The average Bonchev–Trinajstić information content (AvgIpc) is 3.29. The van der Waals surface area contributed by atoms with E-state index in [0.717, 1.165) is 27.6 Å². The lowest BCUT2D eigenvalue weighted by atomic mass is 9.87. The standard InChI is InChI=1S/C30H30N4O4/c31-30(36)23-13-15-32(16-14-23)29(35)18-25(22-9-5-2-6-10-22)27-20-33(19-21-7-3-1-4-8-21)28-12-11-24(34(37)38)17-26(27)28/h1-12,17,20,23,25H,13-16,18-19H2,(H2,31,36)/t25-/m0/s1. The van der Waals surface area contributed by atoms with Crippen molar-refractivity contribution in [2.75, 3.05) is 13.1 Å². The first-order valence-electron chi connectivity index (χ1n) is 12.8. The number of aromatic nitrogens is 1. The number of nitro benzene ring substituents is 1. The third kappa shape index (κ3) is 5.29. The van der Waals surface area contributed by atoms with Crippen molar-refractivity contribution in [1.29, 1.82) is 0 Å². The van der Waals surface area contributed by atoms with Crippen molar-refractivity contribution in [3.05, 3.63) is 112 Å². The Morgan fingerprint density at radius 3 is 2.26 bits per heavy atom. The lowest BCUT2D eigenvalue weighted by molar-refractivity contribution is -0.384. The molecule has 1 fully saturated rings. The lowest BCUT2D eigenvalue weighted by Gasteiger charge is -2.31. The summed E-state index contributed by atoms with van der Waals surface area (Å²) in [5, 5.41) is 12.4. The monoisotopic (exact) mass is 510 g/mol. The summed E-state index contributed by atoms with van der Waals surface area (Å²) in [6.45, 7) is 1.59. The molecule has 5 rings (SSSR count). The second kappa shape index (κ2) is 10.9. The number of fused-ring (bicyclic) bond motifs is 1. The second-order valence-electron chi connectivity index (χ2n) is 9.88. The summed E-state index contributed by atoms with van der Waals surface area (Å²) in [4.78, 5) is 38.2. The number of carbonyl (C=O) groups excluding carboxylic acids is 2. The van der Waals surface area contributed by atoms with Crippen LogP contribution in [0, 0.1) is 16.0 Å². The van der Waals surface area contributed by atoms with E-state index >= 15 is 0 Å². The number of primary amides is 1. The lowest BCUT2D eigenvalue weighted by Crippen LogP contribution is -2.42. The van der Waals surface area contributed by atoms with Crippen LogP contribution < -0.4 is 5.73 Å². The highest BCUT2D eigenvalue weighted by Gasteiger charge is 2.29. The quantitative estimate of drug-likeness (QED) is 0.270. The van der Waals surface area contributed by atoms with E-state index in [2.05, 4.69) is 4.57 Å². The van der Waals surface area contributed by atoms with Crippen LogP contribution in [0.2, 0.25) is 0 Å². The van der Waals surface area contributed by atoms with Gasteiger partial charge in [0.1, 0.15) is 0 Å². The third-order valence-electron chi connectivity index (χ3n) is 7.51. The number of nitrogens with zero attached hydrogens (tertiary/aromatic N) is 3. The van der Waals surface area contributed by atoms with Crippen LogP contribution in [0.1, 0.15) is 41.9 Å². The Labute approximate surface area is 220 Å². The molecule has 8 heteroatoms. The van der Waals surface area contributed by atoms with Crippen LogP contribution in [0.5, 0.6) is 0 Å². The molecule has 3 aromatic carbocycles. The summed E-state index contributed by atoms with van der Waals surface area (Å²) in [5.74, 6) is -0.803. The number of hydrogen-bond donors (Lipinski definition) is 1. The minimum absolute atomic E-state index is 0.00355. The molecule has 1 aromatic heterocycles. The molecule has 8 nitrogen and oxygen atoms in total. The summed E-state index contributed by atoms with van der Waals surface area (Å²) in [6.07, 6.45) is 3.39. The second-order valence-corrected chi connectivity index (χ2v) is 9.88. The first kappa shape index (κ1) is 25.2. The van der Waals surface area contributed by atoms with E-state index in [-0.39, 0.29) is 40.7 Å². The number of piperidine rings is 1. The van der Waals surface area contributed by atoms with Crippen LogP contribution in [-0.2, 0) is 16.1 Å². The molecule has 1 atom stereocenters. The summed E-state index contributed by atoms with van der Waals surface area (Å²) in [6, 6.07) is 24.8. The van der Waals surface area contributed by atoms with Crippen molar-refractivity contribution in [2.24, 2.45) is 11.7 Å². The number of likely N-dealkylation sites (tertiary alicyclic amines) is 1. The molecule has 2 heterocycles. The predicted molar refractivity (Wildman–Crippen MR) is 146 cm³/mol. The number of amides is 2. The van der Waals surface area contributed by atoms with E-state index in [1.54, 1.807) is 17.0 Å². The van der Waals surface area contributed by atoms with Gasteiger partial charge >= 0.3 is 0 Å². The van der Waals surface area contributed by atoms with Gasteiger partial charge in [-0.25, -0.2) is 0 Å². The zero-order valence-corrected chi connectivity index (χ0v) is 21.0. The van der Waals surface area contributed by atoms with Gasteiger partial charge in [0, 0.05) is 67.1 Å². The Hall–Kier alpha value is -4.46. The van der Waals surface area contributed by atoms with E-state index < -0.39 is 0 Å². The normalized spacial score (nSPS) is 14.9. The number of carbonyl (C=O) groups is 2. The van der Waals surface area contributed by atoms with Crippen molar-refractivity contribution in [1.82, 2.24) is 9.47 Å². The minimum atomic E-state index is -0.386. The minimum Gasteiger partial charge on any atom is -0.369 e. The summed E-state index contributed by atoms with van der Waals surface area (Å²) < 4.78 is 2.10. The van der Waals surface area contributed by atoms with Crippen molar-refractivity contribution in [3.63, 3.8) is 0 Å². The fourth-order valence-electron chi connectivity index (χ4n) is 5.42. The Morgan fingerprint density at radius 1 is 0.974 bits per heavy atom. The third-order valence-corrected chi connectivity index (χ3v) is 7.51. The topological polar surface area (TPSA) is 111 Å². The average molecular weight is 511 g/mol. The highest BCUT2D eigenvalue weighted by molar-refractivity contribution is 5.88. The smallest absolute Gasteiger partial charge is 0.270 e. The van der Waals surface area contributed by atoms with Gasteiger partial charge in [0.25, 0.3) is 5.69 Å². The van der Waals surface area contributed by atoms with Gasteiger partial charge < -0.3 is 15.2 Å². The van der Waals surface area contributed by atoms with Crippen LogP contribution >= 0.6 is 0 Å². The zero-order chi connectivity index (χ0) is 26.6. The van der Waals surface area contributed by atoms with Gasteiger partial charge in [-0.1, -0.05) is 60.7 Å². The molecule has 0 saturated carbocycles. The maximum absolute atomic E-state index is 13.5. The first-order chi connectivity index (χ1) is 18.4. The van der Waals surface area contributed by atoms with Crippen molar-refractivity contribution < 1.29 is 14.5 Å². The Balaban J connectivity index is 1.54. The number of nitrogens with two attached hydrogens (primary N) is 1. The largest absolute Gasteiger partial charge is 0.369 e. The molecule has 0 unspecified atom stereocenters. The van der Waals surface area contributed by atoms with E-state index in [1.165, 1.54) is 6.07 Å². The van der Waals surface area contributed by atoms with Crippen LogP contribution in [-0.4, -0.2) is 39.3 Å². The first-order valence-corrected chi connectivity index (χ1v) is 12.8. The number of benzene rings is 3. The molecule has 1 aliphatic rings. The predicted octanol–water partition coefficient (Wildman–Crippen LogP) is 4.84. The summed E-state index contributed by atoms with van der Waals surface area (Å²) in [5.41, 5.74) is 9.33. The fraction of sp³-hybridized carbons (Fsp3) is 0.267. The van der Waals surface area contributed by atoms with Gasteiger partial charge in [0.15, 0.2) is 0 Å². The summed E-state index contributed by atoms with van der Waals surface area (Å²) >= 11 is 0. The van der Waals surface area contributed by atoms with Gasteiger partial charge in [0.2, 0.25) is 11.8 Å². The van der Waals surface area contributed by atoms with Crippen molar-refractivity contribution in [2.45, 2.75) is 31.7 Å². The SMILES string of the molecule is NC(=O)C1CCN(C(=O)C[C@@H](c2ccccc2)c2cn(Cc3ccccc3)c3ccc([N+](=O)[O-])cc23)CC1. The maximum atomic E-state index is 13.5. The molecule has 0 aliphatic carbocycles. The van der Waals surface area contributed by atoms with E-state index in [9.17, 15) is 19.7 Å². The Bertz CT molecular complexity index is 1460. The number of non-ortho nitro benzene ring substituents is 1. The molecule has 194 valence electrons. The molecule has 0 spiro atoms. The van der Waals surface area contributed by atoms with Crippen LogP contribution in [0.3, 0.4) is 0 Å². The van der Waals surface area contributed by atoms with Gasteiger partial charge in [-0.3, -0.25) is 19.7 Å². The molecule has 2 N–H and O–H groups in total. The number of hydrogen-bond acceptors (Lipinski definition) is 4. The summed E-state index contributed by atoms with van der Waals surface area (Å²) in [7, 11) is 0. The molecule has 1 saturated heterocycles. The van der Waals surface area contributed by atoms with E-state index in [0.29, 0.717) is 32.5 Å².